The average Bonchev–Trinajstić information content (AvgIpc) is 3.06. The molecular weight excluding hydrogens is 392 g/mol. The van der Waals surface area contributed by atoms with Crippen molar-refractivity contribution in [3.8, 4) is 0 Å². The van der Waals surface area contributed by atoms with Crippen molar-refractivity contribution < 1.29 is 10.2 Å². The normalized spacial score (nSPS) is 58.8. The van der Waals surface area contributed by atoms with Crippen molar-refractivity contribution >= 4 is 0 Å². The van der Waals surface area contributed by atoms with Crippen LogP contribution in [0.2, 0.25) is 0 Å². The zero-order valence-corrected chi connectivity index (χ0v) is 22.0. The van der Waals surface area contributed by atoms with E-state index in [0.29, 0.717) is 29.1 Å². The number of rotatable bonds is 1. The van der Waals surface area contributed by atoms with Gasteiger partial charge in [0.15, 0.2) is 0 Å². The molecule has 5 aliphatic rings. The highest BCUT2D eigenvalue weighted by atomic mass is 16.3. The van der Waals surface area contributed by atoms with Crippen LogP contribution in [-0.2, 0) is 0 Å². The molecule has 0 aliphatic heterocycles. The van der Waals surface area contributed by atoms with E-state index < -0.39 is 0 Å². The lowest BCUT2D eigenvalue weighted by Gasteiger charge is -2.74. The lowest BCUT2D eigenvalue weighted by molar-refractivity contribution is -0.286. The Kier molecular flexibility index (Phi) is 5.02. The summed E-state index contributed by atoms with van der Waals surface area (Å²) in [6.45, 7) is 21.4. The molecular formula is C30H50O2. The van der Waals surface area contributed by atoms with Crippen molar-refractivity contribution in [3.05, 3.63) is 12.2 Å². The summed E-state index contributed by atoms with van der Waals surface area (Å²) in [6, 6.07) is 0. The highest BCUT2D eigenvalue weighted by Crippen LogP contribution is 2.77. The highest BCUT2D eigenvalue weighted by molar-refractivity contribution is 5.22. The maximum absolute atomic E-state index is 12.0. The van der Waals surface area contributed by atoms with Gasteiger partial charge in [0, 0.05) is 5.41 Å². The van der Waals surface area contributed by atoms with E-state index in [4.69, 9.17) is 0 Å². The lowest BCUT2D eigenvalue weighted by atomic mass is 9.31. The van der Waals surface area contributed by atoms with Crippen molar-refractivity contribution in [2.45, 2.75) is 118 Å². The SMILES string of the molecule is C=C(C)[C@H]1CC[C@]2(C)[C@H]3CC[C@@H]4[C@@]5(C)CC[C@H](O)C(C)(C)[C@@H]5C[C@H](O)[C@@]4(C)[C@]3(C)CC[C@@H]12. The summed E-state index contributed by atoms with van der Waals surface area (Å²) in [5.74, 6) is 3.14. The molecule has 32 heavy (non-hydrogen) atoms. The van der Waals surface area contributed by atoms with Gasteiger partial charge in [-0.05, 0) is 116 Å². The lowest BCUT2D eigenvalue weighted by Crippen LogP contribution is -2.71. The Balaban J connectivity index is 1.56. The first-order valence-corrected chi connectivity index (χ1v) is 13.8. The van der Waals surface area contributed by atoms with Crippen LogP contribution in [0.4, 0.5) is 0 Å². The predicted molar refractivity (Wildman–Crippen MR) is 132 cm³/mol. The fraction of sp³-hybridized carbons (Fsp3) is 0.933. The average molecular weight is 443 g/mol. The third-order valence-corrected chi connectivity index (χ3v) is 13.7. The van der Waals surface area contributed by atoms with E-state index in [-0.39, 0.29) is 33.9 Å². The fourth-order valence-corrected chi connectivity index (χ4v) is 11.7. The van der Waals surface area contributed by atoms with Gasteiger partial charge in [-0.3, -0.25) is 0 Å². The first-order valence-electron chi connectivity index (χ1n) is 13.8. The monoisotopic (exact) mass is 442 g/mol. The third-order valence-electron chi connectivity index (χ3n) is 13.7. The van der Waals surface area contributed by atoms with Gasteiger partial charge in [-0.25, -0.2) is 0 Å². The minimum absolute atomic E-state index is 0.0329. The second-order valence-electron chi connectivity index (χ2n) is 14.7. The Morgan fingerprint density at radius 2 is 1.34 bits per heavy atom. The number of fused-ring (bicyclic) bond motifs is 7. The van der Waals surface area contributed by atoms with Crippen LogP contribution >= 0.6 is 0 Å². The van der Waals surface area contributed by atoms with Crippen LogP contribution in [-0.4, -0.2) is 22.4 Å². The van der Waals surface area contributed by atoms with E-state index in [9.17, 15) is 10.2 Å². The van der Waals surface area contributed by atoms with E-state index in [2.05, 4.69) is 55.0 Å². The number of hydrogen-bond acceptors (Lipinski definition) is 2. The van der Waals surface area contributed by atoms with Gasteiger partial charge >= 0.3 is 0 Å². The molecule has 0 spiro atoms. The highest BCUT2D eigenvalue weighted by Gasteiger charge is 2.73. The molecule has 5 fully saturated rings. The molecule has 0 bridgehead atoms. The van der Waals surface area contributed by atoms with Crippen molar-refractivity contribution in [1.82, 2.24) is 0 Å². The second kappa shape index (κ2) is 6.87. The molecule has 2 nitrogen and oxygen atoms in total. The summed E-state index contributed by atoms with van der Waals surface area (Å²) in [6.07, 6.45) is 10.2. The number of allylic oxidation sites excluding steroid dienone is 1. The summed E-state index contributed by atoms with van der Waals surface area (Å²) >= 11 is 0. The Bertz CT molecular complexity index is 801. The Morgan fingerprint density at radius 1 is 0.719 bits per heavy atom. The summed E-state index contributed by atoms with van der Waals surface area (Å²) in [4.78, 5) is 0. The largest absolute Gasteiger partial charge is 0.393 e. The van der Waals surface area contributed by atoms with Gasteiger partial charge < -0.3 is 10.2 Å². The van der Waals surface area contributed by atoms with Crippen LogP contribution in [0.1, 0.15) is 106 Å². The summed E-state index contributed by atoms with van der Waals surface area (Å²) < 4.78 is 0. The third kappa shape index (κ3) is 2.55. The van der Waals surface area contributed by atoms with E-state index in [1.54, 1.807) is 0 Å². The fourth-order valence-electron chi connectivity index (χ4n) is 11.7. The van der Waals surface area contributed by atoms with Crippen molar-refractivity contribution in [2.75, 3.05) is 0 Å². The smallest absolute Gasteiger partial charge is 0.0605 e. The van der Waals surface area contributed by atoms with Gasteiger partial charge in [-0.15, -0.1) is 0 Å². The second-order valence-corrected chi connectivity index (χ2v) is 14.7. The summed E-state index contributed by atoms with van der Waals surface area (Å²) in [5, 5.41) is 22.9. The van der Waals surface area contributed by atoms with Crippen LogP contribution in [0.5, 0.6) is 0 Å². The summed E-state index contributed by atoms with van der Waals surface area (Å²) in [7, 11) is 0. The molecule has 0 aromatic rings. The van der Waals surface area contributed by atoms with Gasteiger partial charge in [0.2, 0.25) is 0 Å². The molecule has 0 aromatic carbocycles. The zero-order valence-electron chi connectivity index (χ0n) is 22.0. The van der Waals surface area contributed by atoms with Gasteiger partial charge in [0.1, 0.15) is 0 Å². The topological polar surface area (TPSA) is 40.5 Å². The molecule has 5 saturated carbocycles. The van der Waals surface area contributed by atoms with Gasteiger partial charge in [-0.2, -0.15) is 0 Å². The van der Waals surface area contributed by atoms with Crippen LogP contribution in [0, 0.1) is 56.7 Å². The number of hydrogen-bond donors (Lipinski definition) is 2. The molecule has 5 rings (SSSR count). The molecule has 0 radical (unpaired) electrons. The number of aliphatic hydroxyl groups excluding tert-OH is 2. The molecule has 2 N–H and O–H groups in total. The molecule has 182 valence electrons. The molecule has 11 atom stereocenters. The molecule has 5 aliphatic carbocycles. The number of aliphatic hydroxyl groups is 2. The first kappa shape index (κ1) is 23.4. The van der Waals surface area contributed by atoms with E-state index in [1.165, 1.54) is 44.1 Å². The van der Waals surface area contributed by atoms with Crippen molar-refractivity contribution in [2.24, 2.45) is 56.7 Å². The Hall–Kier alpha value is -0.340. The first-order chi connectivity index (χ1) is 14.7. The molecule has 0 aromatic heterocycles. The van der Waals surface area contributed by atoms with E-state index in [1.807, 2.05) is 0 Å². The molecule has 2 heteroatoms. The van der Waals surface area contributed by atoms with E-state index in [0.717, 1.165) is 25.2 Å². The van der Waals surface area contributed by atoms with Crippen LogP contribution in [0.25, 0.3) is 0 Å². The van der Waals surface area contributed by atoms with Crippen molar-refractivity contribution in [3.63, 3.8) is 0 Å². The van der Waals surface area contributed by atoms with Crippen LogP contribution in [0.15, 0.2) is 12.2 Å². The standard InChI is InChI=1S/C30H50O2/c1-18(2)19-11-14-27(5)20(19)12-16-29(7)21(27)9-10-22-28(6)15-13-24(31)26(3,4)23(28)17-25(32)30(22,29)8/h19-25,31-32H,1,9-17H2,2-8H3/t19-,20+,21-,22-,23+,24+,25+,27+,28-,29-,30+/m1/s1. The maximum atomic E-state index is 12.0. The quantitative estimate of drug-likeness (QED) is 0.429. The van der Waals surface area contributed by atoms with Crippen LogP contribution in [0.3, 0.4) is 0 Å². The minimum atomic E-state index is -0.263. The zero-order chi connectivity index (χ0) is 23.5. The predicted octanol–water partition coefficient (Wildman–Crippen LogP) is 7.00. The molecule has 0 saturated heterocycles. The summed E-state index contributed by atoms with van der Waals surface area (Å²) in [5.41, 5.74) is 2.06. The molecule has 0 heterocycles. The molecule has 0 unspecified atom stereocenters. The van der Waals surface area contributed by atoms with Crippen molar-refractivity contribution in [1.29, 1.82) is 0 Å². The van der Waals surface area contributed by atoms with E-state index >= 15 is 0 Å². The Labute approximate surface area is 197 Å². The molecule has 0 amide bonds. The minimum Gasteiger partial charge on any atom is -0.393 e. The van der Waals surface area contributed by atoms with Gasteiger partial charge in [-0.1, -0.05) is 53.7 Å². The van der Waals surface area contributed by atoms with Gasteiger partial charge in [0.25, 0.3) is 0 Å². The Morgan fingerprint density at radius 3 is 2.00 bits per heavy atom. The maximum Gasteiger partial charge on any atom is 0.0605 e. The van der Waals surface area contributed by atoms with Gasteiger partial charge in [0.05, 0.1) is 12.2 Å². The van der Waals surface area contributed by atoms with Crippen LogP contribution < -0.4 is 0 Å².